The Morgan fingerprint density at radius 2 is 1.88 bits per heavy atom. The van der Waals surface area contributed by atoms with Gasteiger partial charge in [-0.1, -0.05) is 17.2 Å². The summed E-state index contributed by atoms with van der Waals surface area (Å²) in [4.78, 5) is 23.2. The van der Waals surface area contributed by atoms with Crippen LogP contribution in [0.5, 0.6) is 0 Å². The Balaban J connectivity index is 1.37. The van der Waals surface area contributed by atoms with Crippen LogP contribution >= 0.6 is 0 Å². The number of aryl methyl sites for hydroxylation is 2. The topological polar surface area (TPSA) is 98.2 Å². The van der Waals surface area contributed by atoms with Crippen molar-refractivity contribution in [2.45, 2.75) is 63.8 Å². The second kappa shape index (κ2) is 6.33. The molecule has 1 saturated heterocycles. The van der Waals surface area contributed by atoms with Crippen molar-refractivity contribution in [3.8, 4) is 0 Å². The summed E-state index contributed by atoms with van der Waals surface area (Å²) in [6.45, 7) is 2.70. The molecule has 2 aliphatic rings. The van der Waals surface area contributed by atoms with Gasteiger partial charge in [-0.05, 0) is 25.7 Å². The molecule has 0 radical (unpaired) electrons. The van der Waals surface area contributed by atoms with E-state index in [0.717, 1.165) is 38.1 Å². The summed E-state index contributed by atoms with van der Waals surface area (Å²) in [5.74, 6) is 3.11. The van der Waals surface area contributed by atoms with Crippen LogP contribution in [0.15, 0.2) is 9.05 Å². The smallest absolute Gasteiger partial charge is 0.227 e. The van der Waals surface area contributed by atoms with Gasteiger partial charge in [0, 0.05) is 31.7 Å². The molecule has 0 bridgehead atoms. The Hall–Kier alpha value is -2.25. The summed E-state index contributed by atoms with van der Waals surface area (Å²) in [7, 11) is 0. The lowest BCUT2D eigenvalue weighted by Crippen LogP contribution is -2.31. The van der Waals surface area contributed by atoms with Gasteiger partial charge in [-0.2, -0.15) is 9.97 Å². The third-order valence-corrected chi connectivity index (χ3v) is 4.64. The number of carbonyl (C=O) groups excluding carboxylic acids is 1. The highest BCUT2D eigenvalue weighted by Gasteiger charge is 2.33. The van der Waals surface area contributed by atoms with E-state index in [1.54, 1.807) is 0 Å². The third kappa shape index (κ3) is 3.05. The Labute approximate surface area is 139 Å². The monoisotopic (exact) mass is 331 g/mol. The first-order valence-corrected chi connectivity index (χ1v) is 8.69. The minimum Gasteiger partial charge on any atom is -0.339 e. The van der Waals surface area contributed by atoms with Crippen molar-refractivity contribution >= 4 is 5.91 Å². The lowest BCUT2D eigenvalue weighted by atomic mass is 10.2. The average molecular weight is 331 g/mol. The van der Waals surface area contributed by atoms with Crippen molar-refractivity contribution in [2.75, 3.05) is 6.54 Å². The van der Waals surface area contributed by atoms with Gasteiger partial charge in [0.2, 0.25) is 17.7 Å². The van der Waals surface area contributed by atoms with E-state index in [2.05, 4.69) is 20.3 Å². The van der Waals surface area contributed by atoms with Gasteiger partial charge in [0.15, 0.2) is 11.6 Å². The van der Waals surface area contributed by atoms with Crippen LogP contribution < -0.4 is 0 Å². The maximum Gasteiger partial charge on any atom is 0.227 e. The summed E-state index contributed by atoms with van der Waals surface area (Å²) in [6, 6.07) is -0.0775. The summed E-state index contributed by atoms with van der Waals surface area (Å²) >= 11 is 0. The summed E-state index contributed by atoms with van der Waals surface area (Å²) < 4.78 is 10.4. The maximum absolute atomic E-state index is 12.6. The Morgan fingerprint density at radius 3 is 2.62 bits per heavy atom. The Bertz CT molecular complexity index is 721. The largest absolute Gasteiger partial charge is 0.339 e. The number of amides is 1. The highest BCUT2D eigenvalue weighted by Crippen LogP contribution is 2.38. The number of hydrogen-bond donors (Lipinski definition) is 0. The van der Waals surface area contributed by atoms with Gasteiger partial charge in [-0.15, -0.1) is 0 Å². The second-order valence-corrected chi connectivity index (χ2v) is 6.47. The van der Waals surface area contributed by atoms with Crippen LogP contribution in [0.2, 0.25) is 0 Å². The van der Waals surface area contributed by atoms with Crippen LogP contribution in [0.3, 0.4) is 0 Å². The molecule has 1 saturated carbocycles. The molecule has 2 aromatic heterocycles. The Morgan fingerprint density at radius 1 is 1.12 bits per heavy atom. The molecular weight excluding hydrogens is 310 g/mol. The van der Waals surface area contributed by atoms with Crippen LogP contribution in [-0.4, -0.2) is 37.6 Å². The minimum absolute atomic E-state index is 0.0755. The molecule has 128 valence electrons. The van der Waals surface area contributed by atoms with Gasteiger partial charge < -0.3 is 13.9 Å². The van der Waals surface area contributed by atoms with Crippen molar-refractivity contribution in [1.82, 2.24) is 25.2 Å². The molecule has 4 rings (SSSR count). The molecular formula is C16H21N5O3. The van der Waals surface area contributed by atoms with Crippen molar-refractivity contribution in [3.05, 3.63) is 23.4 Å². The van der Waals surface area contributed by atoms with E-state index in [1.807, 2.05) is 11.8 Å². The zero-order valence-corrected chi connectivity index (χ0v) is 13.8. The molecule has 0 spiro atoms. The molecule has 8 nitrogen and oxygen atoms in total. The maximum atomic E-state index is 12.6. The standard InChI is InChI=1S/C16H21N5O3/c1-2-12-17-16(20-23-12)11-4-3-9-21(11)14(22)8-7-13-18-15(19-24-13)10-5-6-10/h10-11H,2-9H2,1H3/t11-/m1/s1. The molecule has 24 heavy (non-hydrogen) atoms. The van der Waals surface area contributed by atoms with E-state index < -0.39 is 0 Å². The summed E-state index contributed by atoms with van der Waals surface area (Å²) in [6.07, 6.45) is 5.65. The molecule has 1 amide bonds. The van der Waals surface area contributed by atoms with Crippen LogP contribution in [0.1, 0.15) is 74.4 Å². The predicted molar refractivity (Wildman–Crippen MR) is 82.0 cm³/mol. The first-order valence-electron chi connectivity index (χ1n) is 8.69. The van der Waals surface area contributed by atoms with Crippen molar-refractivity contribution < 1.29 is 13.8 Å². The van der Waals surface area contributed by atoms with Gasteiger partial charge in [-0.3, -0.25) is 4.79 Å². The van der Waals surface area contributed by atoms with Crippen LogP contribution in [-0.2, 0) is 17.6 Å². The number of carbonyl (C=O) groups is 1. The van der Waals surface area contributed by atoms with E-state index in [9.17, 15) is 4.79 Å². The van der Waals surface area contributed by atoms with Gasteiger partial charge in [0.25, 0.3) is 0 Å². The average Bonchev–Trinajstić information content (AvgIpc) is 3.05. The SMILES string of the molecule is CCc1nc([C@H]2CCCN2C(=O)CCc2nc(C3CC3)no2)no1. The third-order valence-electron chi connectivity index (χ3n) is 4.64. The Kier molecular flexibility index (Phi) is 4.03. The fourth-order valence-corrected chi connectivity index (χ4v) is 3.12. The van der Waals surface area contributed by atoms with Gasteiger partial charge in [0.05, 0.1) is 6.04 Å². The fourth-order valence-electron chi connectivity index (χ4n) is 3.12. The van der Waals surface area contributed by atoms with Gasteiger partial charge in [-0.25, -0.2) is 0 Å². The highest BCUT2D eigenvalue weighted by atomic mass is 16.5. The quantitative estimate of drug-likeness (QED) is 0.800. The fraction of sp³-hybridized carbons (Fsp3) is 0.688. The molecule has 2 aromatic rings. The number of nitrogens with zero attached hydrogens (tertiary/aromatic N) is 5. The van der Waals surface area contributed by atoms with Crippen LogP contribution in [0.4, 0.5) is 0 Å². The molecule has 1 atom stereocenters. The number of hydrogen-bond acceptors (Lipinski definition) is 7. The zero-order chi connectivity index (χ0) is 16.5. The summed E-state index contributed by atoms with van der Waals surface area (Å²) in [5.41, 5.74) is 0. The van der Waals surface area contributed by atoms with E-state index in [0.29, 0.717) is 42.8 Å². The predicted octanol–water partition coefficient (Wildman–Crippen LogP) is 2.19. The lowest BCUT2D eigenvalue weighted by molar-refractivity contribution is -0.132. The molecule has 3 heterocycles. The molecule has 0 unspecified atom stereocenters. The van der Waals surface area contributed by atoms with E-state index in [1.165, 1.54) is 0 Å². The lowest BCUT2D eigenvalue weighted by Gasteiger charge is -2.21. The van der Waals surface area contributed by atoms with E-state index in [4.69, 9.17) is 9.05 Å². The van der Waals surface area contributed by atoms with Crippen LogP contribution in [0.25, 0.3) is 0 Å². The normalized spacial score (nSPS) is 20.7. The molecule has 0 N–H and O–H groups in total. The van der Waals surface area contributed by atoms with Gasteiger partial charge in [0.1, 0.15) is 0 Å². The number of rotatable bonds is 6. The van der Waals surface area contributed by atoms with Crippen molar-refractivity contribution in [3.63, 3.8) is 0 Å². The van der Waals surface area contributed by atoms with Crippen molar-refractivity contribution in [2.24, 2.45) is 0 Å². The molecule has 0 aromatic carbocycles. The summed E-state index contributed by atoms with van der Waals surface area (Å²) in [5, 5.41) is 8.01. The molecule has 1 aliphatic carbocycles. The first kappa shape index (κ1) is 15.3. The first-order chi connectivity index (χ1) is 11.7. The van der Waals surface area contributed by atoms with E-state index in [-0.39, 0.29) is 11.9 Å². The molecule has 1 aliphatic heterocycles. The van der Waals surface area contributed by atoms with Crippen molar-refractivity contribution in [1.29, 1.82) is 0 Å². The molecule has 8 heteroatoms. The second-order valence-electron chi connectivity index (χ2n) is 6.47. The van der Waals surface area contributed by atoms with Gasteiger partial charge >= 0.3 is 0 Å². The van der Waals surface area contributed by atoms with Crippen LogP contribution in [0, 0.1) is 0 Å². The zero-order valence-electron chi connectivity index (χ0n) is 13.8. The molecule has 2 fully saturated rings. The highest BCUT2D eigenvalue weighted by molar-refractivity contribution is 5.77. The number of likely N-dealkylation sites (tertiary alicyclic amines) is 1. The number of aromatic nitrogens is 4. The minimum atomic E-state index is -0.0775. The van der Waals surface area contributed by atoms with E-state index >= 15 is 0 Å².